The first-order valence-corrected chi connectivity index (χ1v) is 8.38. The van der Waals surface area contributed by atoms with E-state index in [0.717, 1.165) is 0 Å². The molecular formula is C24H14. The molecule has 0 atom stereocenters. The highest BCUT2D eigenvalue weighted by Crippen LogP contribution is 2.40. The molecule has 0 aliphatic carbocycles. The highest BCUT2D eigenvalue weighted by molar-refractivity contribution is 6.32. The van der Waals surface area contributed by atoms with Gasteiger partial charge in [0.15, 0.2) is 0 Å². The molecule has 0 aliphatic rings. The van der Waals surface area contributed by atoms with E-state index in [4.69, 9.17) is 0 Å². The lowest BCUT2D eigenvalue weighted by Gasteiger charge is -2.14. The van der Waals surface area contributed by atoms with Crippen molar-refractivity contribution in [1.82, 2.24) is 0 Å². The smallest absolute Gasteiger partial charge is 0.00201 e. The first-order valence-electron chi connectivity index (χ1n) is 8.38. The molecule has 110 valence electrons. The lowest BCUT2D eigenvalue weighted by molar-refractivity contribution is 1.78. The Kier molecular flexibility index (Phi) is 2.18. The molecule has 0 unspecified atom stereocenters. The first kappa shape index (κ1) is 12.3. The van der Waals surface area contributed by atoms with Gasteiger partial charge in [0.25, 0.3) is 0 Å². The maximum absolute atomic E-state index is 2.33. The van der Waals surface area contributed by atoms with E-state index in [9.17, 15) is 0 Å². The molecule has 6 rings (SSSR count). The van der Waals surface area contributed by atoms with Gasteiger partial charge in [0.2, 0.25) is 0 Å². The third-order valence-electron chi connectivity index (χ3n) is 5.35. The molecule has 0 aromatic heterocycles. The average molecular weight is 302 g/mol. The Morgan fingerprint density at radius 1 is 0.333 bits per heavy atom. The van der Waals surface area contributed by atoms with Crippen molar-refractivity contribution in [2.45, 2.75) is 0 Å². The van der Waals surface area contributed by atoms with E-state index in [1.807, 2.05) is 0 Å². The van der Waals surface area contributed by atoms with Gasteiger partial charge in [0.1, 0.15) is 0 Å². The van der Waals surface area contributed by atoms with Crippen LogP contribution >= 0.6 is 0 Å². The topological polar surface area (TPSA) is 0 Å². The third kappa shape index (κ3) is 1.43. The zero-order valence-corrected chi connectivity index (χ0v) is 13.1. The van der Waals surface area contributed by atoms with E-state index in [2.05, 4.69) is 84.9 Å². The fraction of sp³-hybridized carbons (Fsp3) is 0. The van der Waals surface area contributed by atoms with E-state index >= 15 is 0 Å². The summed E-state index contributed by atoms with van der Waals surface area (Å²) in [7, 11) is 0. The zero-order valence-electron chi connectivity index (χ0n) is 13.1. The molecule has 0 nitrogen and oxygen atoms in total. The lowest BCUT2D eigenvalue weighted by Crippen LogP contribution is -1.87. The molecule has 0 heterocycles. The molecule has 0 amide bonds. The van der Waals surface area contributed by atoms with Gasteiger partial charge in [-0.15, -0.1) is 0 Å². The second-order valence-corrected chi connectivity index (χ2v) is 6.62. The Labute approximate surface area is 139 Å². The summed E-state index contributed by atoms with van der Waals surface area (Å²) in [5, 5.41) is 13.5. The second-order valence-electron chi connectivity index (χ2n) is 6.62. The van der Waals surface area contributed by atoms with E-state index in [-0.39, 0.29) is 0 Å². The maximum Gasteiger partial charge on any atom is -0.00201 e. The van der Waals surface area contributed by atoms with Crippen LogP contribution in [0.4, 0.5) is 0 Å². The van der Waals surface area contributed by atoms with Crippen LogP contribution in [-0.2, 0) is 0 Å². The average Bonchev–Trinajstić information content (AvgIpc) is 2.65. The second kappa shape index (κ2) is 4.24. The van der Waals surface area contributed by atoms with Gasteiger partial charge >= 0.3 is 0 Å². The van der Waals surface area contributed by atoms with Crippen LogP contribution in [0.1, 0.15) is 0 Å². The van der Waals surface area contributed by atoms with Crippen LogP contribution in [0.25, 0.3) is 53.9 Å². The zero-order chi connectivity index (χ0) is 15.7. The third-order valence-corrected chi connectivity index (χ3v) is 5.35. The van der Waals surface area contributed by atoms with Crippen LogP contribution in [-0.4, -0.2) is 0 Å². The highest BCUT2D eigenvalue weighted by atomic mass is 14.2. The molecular weight excluding hydrogens is 288 g/mol. The summed E-state index contributed by atoms with van der Waals surface area (Å²) in [4.78, 5) is 0. The highest BCUT2D eigenvalue weighted by Gasteiger charge is 2.12. The van der Waals surface area contributed by atoms with E-state index in [1.54, 1.807) is 0 Å². The molecule has 0 saturated carbocycles. The molecule has 0 fully saturated rings. The number of benzene rings is 6. The van der Waals surface area contributed by atoms with Crippen molar-refractivity contribution in [3.8, 4) is 0 Å². The SMILES string of the molecule is c1ccc2c(c1)cc1ccc3c4ccccc4cc4ccc2c1c43. The van der Waals surface area contributed by atoms with Crippen LogP contribution < -0.4 is 0 Å². The predicted octanol–water partition coefficient (Wildman–Crippen LogP) is 6.89. The fourth-order valence-corrected chi connectivity index (χ4v) is 4.31. The molecule has 6 aromatic rings. The number of rotatable bonds is 0. The Bertz CT molecular complexity index is 1280. The van der Waals surface area contributed by atoms with Gasteiger partial charge in [-0.25, -0.2) is 0 Å². The van der Waals surface area contributed by atoms with Crippen molar-refractivity contribution < 1.29 is 0 Å². The maximum atomic E-state index is 2.33. The summed E-state index contributed by atoms with van der Waals surface area (Å²) in [5.74, 6) is 0. The molecule has 0 radical (unpaired) electrons. The summed E-state index contributed by atoms with van der Waals surface area (Å²) in [6, 6.07) is 31.2. The largest absolute Gasteiger partial charge is 0.0616 e. The molecule has 0 saturated heterocycles. The van der Waals surface area contributed by atoms with Gasteiger partial charge in [-0.2, -0.15) is 0 Å². The van der Waals surface area contributed by atoms with Crippen LogP contribution in [0, 0.1) is 0 Å². The quantitative estimate of drug-likeness (QED) is 0.212. The Hall–Kier alpha value is -3.12. The van der Waals surface area contributed by atoms with Gasteiger partial charge < -0.3 is 0 Å². The van der Waals surface area contributed by atoms with Crippen molar-refractivity contribution in [2.75, 3.05) is 0 Å². The van der Waals surface area contributed by atoms with Crippen molar-refractivity contribution >= 4 is 53.9 Å². The van der Waals surface area contributed by atoms with Gasteiger partial charge in [-0.1, -0.05) is 72.8 Å². The summed E-state index contributed by atoms with van der Waals surface area (Å²) in [6.45, 7) is 0. The van der Waals surface area contributed by atoms with Crippen LogP contribution in [0.15, 0.2) is 84.9 Å². The number of fused-ring (bicyclic) bond motifs is 4. The van der Waals surface area contributed by atoms with Crippen LogP contribution in [0.2, 0.25) is 0 Å². The van der Waals surface area contributed by atoms with Crippen molar-refractivity contribution in [3.05, 3.63) is 84.9 Å². The normalized spacial score (nSPS) is 12.2. The minimum atomic E-state index is 1.31. The molecule has 0 aliphatic heterocycles. The Morgan fingerprint density at radius 2 is 0.792 bits per heavy atom. The molecule has 24 heavy (non-hydrogen) atoms. The molecule has 0 spiro atoms. The molecule has 0 bridgehead atoms. The Balaban J connectivity index is 2.00. The molecule has 0 heteroatoms. The minimum Gasteiger partial charge on any atom is -0.0616 e. The monoisotopic (exact) mass is 302 g/mol. The summed E-state index contributed by atoms with van der Waals surface area (Å²) in [5.41, 5.74) is 0. The summed E-state index contributed by atoms with van der Waals surface area (Å²) >= 11 is 0. The van der Waals surface area contributed by atoms with Crippen LogP contribution in [0.3, 0.4) is 0 Å². The Morgan fingerprint density at radius 3 is 1.29 bits per heavy atom. The van der Waals surface area contributed by atoms with Gasteiger partial charge in [-0.3, -0.25) is 0 Å². The molecule has 0 N–H and O–H groups in total. The van der Waals surface area contributed by atoms with Gasteiger partial charge in [-0.05, 0) is 66.0 Å². The summed E-state index contributed by atoms with van der Waals surface area (Å²) < 4.78 is 0. The lowest BCUT2D eigenvalue weighted by atomic mass is 9.89. The minimum absolute atomic E-state index is 1.31. The summed E-state index contributed by atoms with van der Waals surface area (Å²) in [6.07, 6.45) is 0. The number of hydrogen-bond donors (Lipinski definition) is 0. The first-order chi connectivity index (χ1) is 11.9. The van der Waals surface area contributed by atoms with E-state index in [1.165, 1.54) is 53.9 Å². The van der Waals surface area contributed by atoms with Gasteiger partial charge in [0, 0.05) is 0 Å². The van der Waals surface area contributed by atoms with Crippen molar-refractivity contribution in [1.29, 1.82) is 0 Å². The molecule has 6 aromatic carbocycles. The van der Waals surface area contributed by atoms with Crippen molar-refractivity contribution in [2.24, 2.45) is 0 Å². The van der Waals surface area contributed by atoms with Gasteiger partial charge in [0.05, 0.1) is 0 Å². The number of hydrogen-bond acceptors (Lipinski definition) is 0. The van der Waals surface area contributed by atoms with E-state index < -0.39 is 0 Å². The van der Waals surface area contributed by atoms with E-state index in [0.29, 0.717) is 0 Å². The fourth-order valence-electron chi connectivity index (χ4n) is 4.31. The standard InChI is InChI=1S/C24H14/c1-3-7-19-15(5-1)13-17-9-12-22-20-8-4-2-6-16(20)14-18-10-11-21(19)23(17)24(18)22/h1-14H. The van der Waals surface area contributed by atoms with Crippen molar-refractivity contribution in [3.63, 3.8) is 0 Å². The van der Waals surface area contributed by atoms with Crippen LogP contribution in [0.5, 0.6) is 0 Å². The predicted molar refractivity (Wildman–Crippen MR) is 105 cm³/mol.